The van der Waals surface area contributed by atoms with Crippen LogP contribution in [-0.2, 0) is 4.79 Å². The van der Waals surface area contributed by atoms with Crippen molar-refractivity contribution in [1.82, 2.24) is 19.9 Å². The molecule has 1 unspecified atom stereocenters. The molecule has 2 saturated heterocycles. The Balaban J connectivity index is 1.26. The zero-order valence-electron chi connectivity index (χ0n) is 17.4. The highest BCUT2D eigenvalue weighted by atomic mass is 19.3. The summed E-state index contributed by atoms with van der Waals surface area (Å²) in [5.41, 5.74) is 7.02. The van der Waals surface area contributed by atoms with Gasteiger partial charge in [0, 0.05) is 37.8 Å². The summed E-state index contributed by atoms with van der Waals surface area (Å²) >= 11 is 0. The number of hydrogen-bond acceptors (Lipinski definition) is 8. The molecular formula is C21H25F2N7O2. The summed E-state index contributed by atoms with van der Waals surface area (Å²) in [4.78, 5) is 29.5. The third-order valence-electron chi connectivity index (χ3n) is 6.44. The number of rotatable bonds is 6. The number of alkyl halides is 2. The Labute approximate surface area is 183 Å². The van der Waals surface area contributed by atoms with Crippen LogP contribution in [0, 0.1) is 5.92 Å². The molecule has 2 aromatic heterocycles. The molecule has 0 radical (unpaired) electrons. The Bertz CT molecular complexity index is 992. The highest BCUT2D eigenvalue weighted by Gasteiger charge is 2.64. The summed E-state index contributed by atoms with van der Waals surface area (Å²) in [6.45, 7) is 0.938. The lowest BCUT2D eigenvalue weighted by Gasteiger charge is -2.41. The molecule has 4 heterocycles. The van der Waals surface area contributed by atoms with Crippen LogP contribution >= 0.6 is 0 Å². The lowest BCUT2D eigenvalue weighted by molar-refractivity contribution is -0.138. The number of aromatic nitrogens is 3. The zero-order valence-corrected chi connectivity index (χ0v) is 17.4. The summed E-state index contributed by atoms with van der Waals surface area (Å²) in [7, 11) is 0. The van der Waals surface area contributed by atoms with Gasteiger partial charge in [-0.1, -0.05) is 0 Å². The predicted molar refractivity (Wildman–Crippen MR) is 112 cm³/mol. The van der Waals surface area contributed by atoms with E-state index in [4.69, 9.17) is 10.8 Å². The quantitative estimate of drug-likeness (QED) is 0.611. The molecule has 0 aromatic carbocycles. The number of nitrogens with two attached hydrogens (primary N) is 1. The molecular weight excluding hydrogens is 420 g/mol. The minimum Gasteiger partial charge on any atom is -0.394 e. The third-order valence-corrected chi connectivity index (χ3v) is 6.44. The number of amides is 1. The fourth-order valence-corrected chi connectivity index (χ4v) is 4.62. The fourth-order valence-electron chi connectivity index (χ4n) is 4.62. The van der Waals surface area contributed by atoms with Crippen LogP contribution in [0.15, 0.2) is 30.6 Å². The van der Waals surface area contributed by atoms with Crippen molar-refractivity contribution in [2.45, 2.75) is 43.3 Å². The molecule has 2 aromatic rings. The molecule has 32 heavy (non-hydrogen) atoms. The van der Waals surface area contributed by atoms with Crippen molar-refractivity contribution in [1.29, 1.82) is 0 Å². The van der Waals surface area contributed by atoms with E-state index in [-0.39, 0.29) is 25.1 Å². The number of carbonyl (C=O) groups is 1. The maximum absolute atomic E-state index is 13.4. The number of pyridine rings is 1. The van der Waals surface area contributed by atoms with E-state index in [1.165, 1.54) is 0 Å². The van der Waals surface area contributed by atoms with Crippen LogP contribution in [0.1, 0.15) is 31.0 Å². The maximum atomic E-state index is 13.4. The topological polar surface area (TPSA) is 120 Å². The van der Waals surface area contributed by atoms with Gasteiger partial charge in [-0.05, 0) is 31.0 Å². The molecule has 1 saturated carbocycles. The lowest BCUT2D eigenvalue weighted by atomic mass is 10.1. The van der Waals surface area contributed by atoms with E-state index in [0.717, 1.165) is 18.7 Å². The number of aliphatic hydroxyl groups excluding tert-OH is 1. The Morgan fingerprint density at radius 1 is 1.25 bits per heavy atom. The Kier molecular flexibility index (Phi) is 5.17. The lowest BCUT2D eigenvalue weighted by Crippen LogP contribution is -2.56. The van der Waals surface area contributed by atoms with Crippen LogP contribution in [0.25, 0.3) is 0 Å². The number of carbonyl (C=O) groups excluding carboxylic acids is 1. The second-order valence-electron chi connectivity index (χ2n) is 8.68. The van der Waals surface area contributed by atoms with Gasteiger partial charge in [0.05, 0.1) is 30.2 Å². The van der Waals surface area contributed by atoms with Crippen molar-refractivity contribution in [2.24, 2.45) is 11.7 Å². The fraction of sp³-hybridized carbons (Fsp3) is 0.524. The SMILES string of the molecule is N[C@H](CO)c1ccc(Nc2nccc(N3C[C@H]4CC[C@@H](C3)N4C(=O)C3CC3(F)F)n2)cn1. The van der Waals surface area contributed by atoms with Gasteiger partial charge >= 0.3 is 0 Å². The van der Waals surface area contributed by atoms with E-state index in [0.29, 0.717) is 30.4 Å². The number of aliphatic hydroxyl groups is 1. The van der Waals surface area contributed by atoms with Crippen molar-refractivity contribution < 1.29 is 18.7 Å². The molecule has 2 aliphatic heterocycles. The number of hydrogen-bond donors (Lipinski definition) is 3. The minimum atomic E-state index is -2.84. The maximum Gasteiger partial charge on any atom is 0.260 e. The van der Waals surface area contributed by atoms with E-state index in [9.17, 15) is 13.6 Å². The molecule has 4 N–H and O–H groups in total. The Morgan fingerprint density at radius 3 is 2.56 bits per heavy atom. The van der Waals surface area contributed by atoms with E-state index in [1.807, 2.05) is 0 Å². The second kappa shape index (κ2) is 7.89. The first-order valence-electron chi connectivity index (χ1n) is 10.7. The molecule has 11 heteroatoms. The van der Waals surface area contributed by atoms with Crippen LogP contribution in [0.2, 0.25) is 0 Å². The number of anilines is 3. The van der Waals surface area contributed by atoms with Crippen LogP contribution in [0.4, 0.5) is 26.2 Å². The van der Waals surface area contributed by atoms with Gasteiger partial charge in [0.2, 0.25) is 11.9 Å². The Hall–Kier alpha value is -2.92. The molecule has 1 amide bonds. The predicted octanol–water partition coefficient (Wildman–Crippen LogP) is 1.44. The largest absolute Gasteiger partial charge is 0.394 e. The van der Waals surface area contributed by atoms with Gasteiger partial charge < -0.3 is 26.0 Å². The molecule has 1 aliphatic carbocycles. The number of piperazine rings is 1. The molecule has 0 spiro atoms. The summed E-state index contributed by atoms with van der Waals surface area (Å²) in [5, 5.41) is 12.2. The average Bonchev–Trinajstić information content (AvgIpc) is 3.36. The molecule has 170 valence electrons. The highest BCUT2D eigenvalue weighted by Crippen LogP contribution is 2.51. The molecule has 4 atom stereocenters. The molecule has 5 rings (SSSR count). The number of halogens is 2. The monoisotopic (exact) mass is 445 g/mol. The van der Waals surface area contributed by atoms with Crippen LogP contribution in [-0.4, -0.2) is 68.6 Å². The van der Waals surface area contributed by atoms with E-state index in [1.54, 1.807) is 35.5 Å². The molecule has 9 nitrogen and oxygen atoms in total. The summed E-state index contributed by atoms with van der Waals surface area (Å²) in [6.07, 6.45) is 4.55. The van der Waals surface area contributed by atoms with Crippen molar-refractivity contribution in [2.75, 3.05) is 29.9 Å². The van der Waals surface area contributed by atoms with Crippen LogP contribution in [0.5, 0.6) is 0 Å². The van der Waals surface area contributed by atoms with Gasteiger partial charge in [0.25, 0.3) is 5.92 Å². The van der Waals surface area contributed by atoms with E-state index >= 15 is 0 Å². The average molecular weight is 445 g/mol. The van der Waals surface area contributed by atoms with Gasteiger partial charge in [-0.2, -0.15) is 4.98 Å². The van der Waals surface area contributed by atoms with E-state index in [2.05, 4.69) is 25.2 Å². The third kappa shape index (κ3) is 3.86. The van der Waals surface area contributed by atoms with Gasteiger partial charge in [0.1, 0.15) is 11.7 Å². The summed E-state index contributed by atoms with van der Waals surface area (Å²) < 4.78 is 26.8. The van der Waals surface area contributed by atoms with Gasteiger partial charge in [-0.3, -0.25) is 9.78 Å². The van der Waals surface area contributed by atoms with Crippen LogP contribution in [0.3, 0.4) is 0 Å². The van der Waals surface area contributed by atoms with Crippen molar-refractivity contribution in [3.05, 3.63) is 36.3 Å². The molecule has 2 bridgehead atoms. The zero-order chi connectivity index (χ0) is 22.5. The first-order valence-corrected chi connectivity index (χ1v) is 10.7. The minimum absolute atomic E-state index is 0.0727. The molecule has 3 fully saturated rings. The first-order chi connectivity index (χ1) is 15.4. The second-order valence-corrected chi connectivity index (χ2v) is 8.68. The summed E-state index contributed by atoms with van der Waals surface area (Å²) in [5.74, 6) is -3.26. The highest BCUT2D eigenvalue weighted by molar-refractivity contribution is 5.84. The number of nitrogens with zero attached hydrogens (tertiary/aromatic N) is 5. The summed E-state index contributed by atoms with van der Waals surface area (Å²) in [6, 6.07) is 4.64. The van der Waals surface area contributed by atoms with Crippen molar-refractivity contribution in [3.8, 4) is 0 Å². The first kappa shape index (κ1) is 21.0. The number of nitrogens with one attached hydrogen (secondary N) is 1. The smallest absolute Gasteiger partial charge is 0.260 e. The van der Waals surface area contributed by atoms with Crippen LogP contribution < -0.4 is 16.0 Å². The normalized spacial score (nSPS) is 26.7. The van der Waals surface area contributed by atoms with E-state index < -0.39 is 23.8 Å². The van der Waals surface area contributed by atoms with Crippen molar-refractivity contribution >= 4 is 23.4 Å². The van der Waals surface area contributed by atoms with Crippen molar-refractivity contribution in [3.63, 3.8) is 0 Å². The standard InChI is InChI=1S/C21H25F2N7O2/c22-21(23)7-15(21)19(32)30-13-2-3-14(30)10-29(9-13)18-5-6-25-20(28-18)27-12-1-4-17(26-8-12)16(24)11-31/h1,4-6,8,13-16,31H,2-3,7,9-11,24H2,(H,25,27,28)/t13-,14+,15?,16-/m1/s1. The van der Waals surface area contributed by atoms with Gasteiger partial charge in [0.15, 0.2) is 0 Å². The number of fused-ring (bicyclic) bond motifs is 2. The van der Waals surface area contributed by atoms with Gasteiger partial charge in [-0.25, -0.2) is 13.8 Å². The molecule has 3 aliphatic rings. The van der Waals surface area contributed by atoms with Gasteiger partial charge in [-0.15, -0.1) is 0 Å². The Morgan fingerprint density at radius 2 is 1.97 bits per heavy atom.